The Labute approximate surface area is 122 Å². The van der Waals surface area contributed by atoms with Crippen molar-refractivity contribution in [3.05, 3.63) is 42.2 Å². The number of fused-ring (bicyclic) bond motifs is 1. The summed E-state index contributed by atoms with van der Waals surface area (Å²) >= 11 is 0. The molecule has 21 heavy (non-hydrogen) atoms. The molecular formula is C15H18N4O2. The highest BCUT2D eigenvalue weighted by atomic mass is 16.4. The molecule has 4 N–H and O–H groups in total. The zero-order chi connectivity index (χ0) is 15.2. The topological polar surface area (TPSA) is 101 Å². The minimum atomic E-state index is -0.260. The van der Waals surface area contributed by atoms with E-state index in [0.717, 1.165) is 10.8 Å². The molecule has 1 aromatic carbocycles. The Bertz CT molecular complexity index is 664. The van der Waals surface area contributed by atoms with Crippen molar-refractivity contribution in [2.24, 2.45) is 10.9 Å². The van der Waals surface area contributed by atoms with Gasteiger partial charge in [0.25, 0.3) is 5.91 Å². The highest BCUT2D eigenvalue weighted by Gasteiger charge is 2.16. The summed E-state index contributed by atoms with van der Waals surface area (Å²) in [4.78, 5) is 16.6. The summed E-state index contributed by atoms with van der Waals surface area (Å²) < 4.78 is 0. The number of hydrogen-bond acceptors (Lipinski definition) is 4. The van der Waals surface area contributed by atoms with E-state index in [1.54, 1.807) is 6.20 Å². The van der Waals surface area contributed by atoms with Gasteiger partial charge in [-0.1, -0.05) is 36.3 Å². The molecule has 0 aliphatic rings. The van der Waals surface area contributed by atoms with E-state index in [-0.39, 0.29) is 17.8 Å². The van der Waals surface area contributed by atoms with Gasteiger partial charge >= 0.3 is 0 Å². The molecule has 6 nitrogen and oxygen atoms in total. The van der Waals surface area contributed by atoms with Crippen molar-refractivity contribution < 1.29 is 10.0 Å². The Kier molecular flexibility index (Phi) is 4.71. The number of amidine groups is 1. The van der Waals surface area contributed by atoms with Crippen LogP contribution in [0.4, 0.5) is 0 Å². The first-order valence-electron chi connectivity index (χ1n) is 6.76. The molecule has 2 rings (SSSR count). The van der Waals surface area contributed by atoms with E-state index in [9.17, 15) is 4.79 Å². The Morgan fingerprint density at radius 3 is 2.90 bits per heavy atom. The van der Waals surface area contributed by atoms with Crippen molar-refractivity contribution in [2.75, 3.05) is 0 Å². The van der Waals surface area contributed by atoms with Gasteiger partial charge in [-0.3, -0.25) is 9.78 Å². The smallest absolute Gasteiger partial charge is 0.270 e. The second kappa shape index (κ2) is 6.69. The number of benzene rings is 1. The van der Waals surface area contributed by atoms with Crippen LogP contribution in [0.15, 0.2) is 41.7 Å². The fourth-order valence-corrected chi connectivity index (χ4v) is 2.15. The van der Waals surface area contributed by atoms with Gasteiger partial charge in [-0.2, -0.15) is 0 Å². The number of carbonyl (C=O) groups is 1. The molecule has 0 aliphatic heterocycles. The fourth-order valence-electron chi connectivity index (χ4n) is 2.15. The van der Waals surface area contributed by atoms with E-state index in [4.69, 9.17) is 10.9 Å². The van der Waals surface area contributed by atoms with Gasteiger partial charge in [-0.15, -0.1) is 0 Å². The number of nitrogens with one attached hydrogen (secondary N) is 1. The molecule has 0 aliphatic carbocycles. The molecule has 1 aromatic heterocycles. The second-order valence-corrected chi connectivity index (χ2v) is 4.75. The van der Waals surface area contributed by atoms with Crippen LogP contribution < -0.4 is 11.1 Å². The maximum absolute atomic E-state index is 12.4. The van der Waals surface area contributed by atoms with Gasteiger partial charge in [0.15, 0.2) is 0 Å². The Balaban J connectivity index is 2.22. The highest BCUT2D eigenvalue weighted by molar-refractivity contribution is 6.05. The van der Waals surface area contributed by atoms with Crippen LogP contribution in [0.2, 0.25) is 0 Å². The van der Waals surface area contributed by atoms with Gasteiger partial charge in [0.2, 0.25) is 0 Å². The van der Waals surface area contributed by atoms with E-state index in [1.165, 1.54) is 0 Å². The van der Waals surface area contributed by atoms with Gasteiger partial charge in [0.05, 0.1) is 0 Å². The molecule has 0 spiro atoms. The minimum absolute atomic E-state index is 0.0908. The average molecular weight is 286 g/mol. The van der Waals surface area contributed by atoms with Crippen molar-refractivity contribution in [3.63, 3.8) is 0 Å². The number of carbonyl (C=O) groups excluding carboxylic acids is 1. The molecule has 1 amide bonds. The molecule has 0 bridgehead atoms. The summed E-state index contributed by atoms with van der Waals surface area (Å²) in [6.07, 6.45) is 2.58. The summed E-state index contributed by atoms with van der Waals surface area (Å²) in [7, 11) is 0. The summed E-state index contributed by atoms with van der Waals surface area (Å²) in [6.45, 7) is 1.92. The van der Waals surface area contributed by atoms with E-state index in [2.05, 4.69) is 15.5 Å². The third-order valence-corrected chi connectivity index (χ3v) is 3.30. The van der Waals surface area contributed by atoms with Crippen molar-refractivity contribution in [3.8, 4) is 0 Å². The van der Waals surface area contributed by atoms with Gasteiger partial charge < -0.3 is 16.3 Å². The van der Waals surface area contributed by atoms with E-state index in [0.29, 0.717) is 18.5 Å². The standard InChI is InChI=1S/C15H18N4O2/c1-2-11(9-13(16)19-21)18-15(20)14-12-6-4-3-5-10(12)7-8-17-14/h3-8,11,21H,2,9H2,1H3,(H2,16,19)(H,18,20). The third-order valence-electron chi connectivity index (χ3n) is 3.30. The molecule has 0 radical (unpaired) electrons. The van der Waals surface area contributed by atoms with Crippen LogP contribution in [0.3, 0.4) is 0 Å². The first-order valence-corrected chi connectivity index (χ1v) is 6.76. The van der Waals surface area contributed by atoms with Crippen molar-refractivity contribution >= 4 is 22.5 Å². The molecule has 1 unspecified atom stereocenters. The SMILES string of the molecule is CCC(CC(N)=NO)NC(=O)c1nccc2ccccc12. The van der Waals surface area contributed by atoms with Crippen LogP contribution >= 0.6 is 0 Å². The zero-order valence-electron chi connectivity index (χ0n) is 11.8. The van der Waals surface area contributed by atoms with Crippen LogP contribution in [-0.4, -0.2) is 28.0 Å². The molecule has 1 heterocycles. The number of rotatable bonds is 5. The lowest BCUT2D eigenvalue weighted by Crippen LogP contribution is -2.38. The monoisotopic (exact) mass is 286 g/mol. The van der Waals surface area contributed by atoms with Gasteiger partial charge in [0.1, 0.15) is 11.5 Å². The molecular weight excluding hydrogens is 268 g/mol. The molecule has 0 saturated heterocycles. The van der Waals surface area contributed by atoms with Gasteiger partial charge in [-0.05, 0) is 17.9 Å². The molecule has 6 heteroatoms. The molecule has 0 fully saturated rings. The Morgan fingerprint density at radius 2 is 2.19 bits per heavy atom. The lowest BCUT2D eigenvalue weighted by atomic mass is 10.1. The summed E-state index contributed by atoms with van der Waals surface area (Å²) in [5.74, 6) is -0.169. The molecule has 110 valence electrons. The maximum atomic E-state index is 12.4. The number of pyridine rings is 1. The van der Waals surface area contributed by atoms with Gasteiger partial charge in [0, 0.05) is 24.0 Å². The predicted molar refractivity (Wildman–Crippen MR) is 81.3 cm³/mol. The quantitative estimate of drug-likeness (QED) is 0.338. The van der Waals surface area contributed by atoms with Crippen LogP contribution in [0, 0.1) is 0 Å². The normalized spacial score (nSPS) is 13.1. The number of amides is 1. The molecule has 2 aromatic rings. The van der Waals surface area contributed by atoms with Crippen LogP contribution in [0.1, 0.15) is 30.3 Å². The molecule has 0 saturated carbocycles. The van der Waals surface area contributed by atoms with E-state index < -0.39 is 0 Å². The Hall–Kier alpha value is -2.63. The van der Waals surface area contributed by atoms with Crippen molar-refractivity contribution in [1.29, 1.82) is 0 Å². The predicted octanol–water partition coefficient (Wildman–Crippen LogP) is 1.88. The summed E-state index contributed by atoms with van der Waals surface area (Å²) in [5, 5.41) is 16.2. The van der Waals surface area contributed by atoms with Crippen LogP contribution in [-0.2, 0) is 0 Å². The van der Waals surface area contributed by atoms with Crippen LogP contribution in [0.5, 0.6) is 0 Å². The van der Waals surface area contributed by atoms with E-state index in [1.807, 2.05) is 37.3 Å². The maximum Gasteiger partial charge on any atom is 0.270 e. The van der Waals surface area contributed by atoms with Gasteiger partial charge in [-0.25, -0.2) is 0 Å². The lowest BCUT2D eigenvalue weighted by molar-refractivity contribution is 0.0933. The Morgan fingerprint density at radius 1 is 1.43 bits per heavy atom. The average Bonchev–Trinajstić information content (AvgIpc) is 2.53. The number of nitrogens with zero attached hydrogens (tertiary/aromatic N) is 2. The first-order chi connectivity index (χ1) is 10.2. The number of hydrogen-bond donors (Lipinski definition) is 3. The lowest BCUT2D eigenvalue weighted by Gasteiger charge is -2.16. The minimum Gasteiger partial charge on any atom is -0.409 e. The number of oxime groups is 1. The van der Waals surface area contributed by atoms with Crippen LogP contribution in [0.25, 0.3) is 10.8 Å². The number of aromatic nitrogens is 1. The summed E-state index contributed by atoms with van der Waals surface area (Å²) in [6, 6.07) is 9.24. The van der Waals surface area contributed by atoms with E-state index >= 15 is 0 Å². The second-order valence-electron chi connectivity index (χ2n) is 4.75. The van der Waals surface area contributed by atoms with Crippen molar-refractivity contribution in [2.45, 2.75) is 25.8 Å². The van der Waals surface area contributed by atoms with Crippen molar-refractivity contribution in [1.82, 2.24) is 10.3 Å². The largest absolute Gasteiger partial charge is 0.409 e. The molecule has 1 atom stereocenters. The summed E-state index contributed by atoms with van der Waals surface area (Å²) in [5.41, 5.74) is 5.87. The zero-order valence-corrected chi connectivity index (χ0v) is 11.8. The first kappa shape index (κ1) is 14.8. The highest BCUT2D eigenvalue weighted by Crippen LogP contribution is 2.16. The number of nitrogens with two attached hydrogens (primary N) is 1. The third kappa shape index (κ3) is 3.47. The fraction of sp³-hybridized carbons (Fsp3) is 0.267.